The number of hydrogen-bond donors (Lipinski definition) is 3. The van der Waals surface area contributed by atoms with Crippen LogP contribution in [0.4, 0.5) is 26.3 Å². The van der Waals surface area contributed by atoms with Crippen molar-refractivity contribution >= 4 is 33.3 Å². The highest BCUT2D eigenvalue weighted by Crippen LogP contribution is 2.40. The van der Waals surface area contributed by atoms with E-state index in [1.54, 1.807) is 11.3 Å². The maximum absolute atomic E-state index is 12.0. The topological polar surface area (TPSA) is 127 Å². The highest BCUT2D eigenvalue weighted by molar-refractivity contribution is 7.88. The molecule has 2 unspecified atom stereocenters. The van der Waals surface area contributed by atoms with Gasteiger partial charge in [-0.05, 0) is 36.4 Å². The monoisotopic (exact) mass is 647 g/mol. The molecule has 9 nitrogen and oxygen atoms in total. The lowest BCUT2D eigenvalue weighted by atomic mass is 9.75. The van der Waals surface area contributed by atoms with Crippen LogP contribution in [0.3, 0.4) is 0 Å². The molecule has 2 aromatic rings. The number of sulfonamides is 1. The first-order chi connectivity index (χ1) is 19.3. The molecular weight excluding hydrogens is 616 g/mol. The van der Waals surface area contributed by atoms with Crippen LogP contribution >= 0.6 is 11.3 Å². The lowest BCUT2D eigenvalue weighted by Crippen LogP contribution is -2.58. The molecular formula is C25H31F6N3O6S2. The number of hydrogen-bond acceptors (Lipinski definition) is 7. The van der Waals surface area contributed by atoms with Gasteiger partial charge in [0.2, 0.25) is 10.0 Å². The average molecular weight is 648 g/mol. The van der Waals surface area contributed by atoms with Gasteiger partial charge in [-0.15, -0.1) is 11.3 Å². The maximum atomic E-state index is 12.0. The Labute approximate surface area is 242 Å². The molecule has 2 saturated heterocycles. The third-order valence-corrected chi connectivity index (χ3v) is 8.10. The van der Waals surface area contributed by atoms with Crippen LogP contribution in [0.15, 0.2) is 47.8 Å². The molecule has 0 amide bonds. The van der Waals surface area contributed by atoms with Crippen molar-refractivity contribution in [3.05, 3.63) is 58.3 Å². The number of halogens is 6. The number of nitrogens with zero attached hydrogens (tertiary/aromatic N) is 2. The summed E-state index contributed by atoms with van der Waals surface area (Å²) in [6.07, 6.45) is -6.97. The Morgan fingerprint density at radius 3 is 1.90 bits per heavy atom. The molecule has 1 spiro atoms. The van der Waals surface area contributed by atoms with Gasteiger partial charge in [0.15, 0.2) is 0 Å². The second-order valence-corrected chi connectivity index (χ2v) is 12.7. The summed E-state index contributed by atoms with van der Waals surface area (Å²) in [4.78, 5) is 24.2. The number of likely N-dealkylation sites (tertiary alicyclic amines) is 2. The Bertz CT molecular complexity index is 1240. The lowest BCUT2D eigenvalue weighted by molar-refractivity contribution is -0.193. The average Bonchev–Trinajstić information content (AvgIpc) is 3.51. The number of aliphatic carboxylic acids is 2. The van der Waals surface area contributed by atoms with Crippen molar-refractivity contribution in [2.24, 2.45) is 5.41 Å². The Morgan fingerprint density at radius 1 is 0.929 bits per heavy atom. The van der Waals surface area contributed by atoms with Crippen molar-refractivity contribution in [3.8, 4) is 0 Å². The van der Waals surface area contributed by atoms with Crippen LogP contribution in [0.5, 0.6) is 0 Å². The Hall–Kier alpha value is -2.73. The van der Waals surface area contributed by atoms with E-state index in [1.165, 1.54) is 16.7 Å². The molecule has 0 radical (unpaired) electrons. The largest absolute Gasteiger partial charge is 0.490 e. The van der Waals surface area contributed by atoms with Crippen molar-refractivity contribution in [2.75, 3.05) is 32.4 Å². The van der Waals surface area contributed by atoms with Gasteiger partial charge in [0, 0.05) is 49.1 Å². The van der Waals surface area contributed by atoms with Crippen molar-refractivity contribution < 1.29 is 54.6 Å². The van der Waals surface area contributed by atoms with Crippen LogP contribution < -0.4 is 4.72 Å². The number of piperidine rings is 1. The first kappa shape index (κ1) is 35.5. The summed E-state index contributed by atoms with van der Waals surface area (Å²) in [5.41, 5.74) is 1.30. The molecule has 0 bridgehead atoms. The molecule has 3 N–H and O–H groups in total. The summed E-state index contributed by atoms with van der Waals surface area (Å²) in [6.45, 7) is 5.73. The summed E-state index contributed by atoms with van der Waals surface area (Å²) in [5, 5.41) is 16.4. The third-order valence-electron chi connectivity index (χ3n) is 6.53. The van der Waals surface area contributed by atoms with Crippen LogP contribution in [0.2, 0.25) is 0 Å². The molecule has 236 valence electrons. The minimum atomic E-state index is -5.08. The quantitative estimate of drug-likeness (QED) is 0.402. The molecule has 2 atom stereocenters. The molecule has 4 rings (SSSR count). The minimum absolute atomic E-state index is 0.0165. The van der Waals surface area contributed by atoms with Gasteiger partial charge in [0.25, 0.3) is 0 Å². The fraction of sp³-hybridized carbons (Fsp3) is 0.520. The number of carboxylic acid groups (broad SMARTS) is 2. The summed E-state index contributed by atoms with van der Waals surface area (Å²) >= 11 is 1.80. The van der Waals surface area contributed by atoms with Gasteiger partial charge in [-0.1, -0.05) is 36.4 Å². The fourth-order valence-corrected chi connectivity index (χ4v) is 6.46. The van der Waals surface area contributed by atoms with Gasteiger partial charge >= 0.3 is 24.3 Å². The number of carboxylic acids is 2. The van der Waals surface area contributed by atoms with E-state index in [0.717, 1.165) is 52.1 Å². The molecule has 1 aromatic heterocycles. The first-order valence-corrected chi connectivity index (χ1v) is 15.2. The van der Waals surface area contributed by atoms with Gasteiger partial charge in [0.05, 0.1) is 6.26 Å². The molecule has 42 heavy (non-hydrogen) atoms. The summed E-state index contributed by atoms with van der Waals surface area (Å²) in [5.74, 6) is -5.51. The molecule has 1 aromatic carbocycles. The molecule has 0 aliphatic carbocycles. The minimum Gasteiger partial charge on any atom is -0.475 e. The summed E-state index contributed by atoms with van der Waals surface area (Å²) in [6, 6.07) is 14.9. The van der Waals surface area contributed by atoms with E-state index in [9.17, 15) is 34.8 Å². The smallest absolute Gasteiger partial charge is 0.475 e. The van der Waals surface area contributed by atoms with Crippen molar-refractivity contribution in [1.29, 1.82) is 0 Å². The zero-order valence-corrected chi connectivity index (χ0v) is 24.0. The highest BCUT2D eigenvalue weighted by atomic mass is 32.2. The third kappa shape index (κ3) is 11.9. The second kappa shape index (κ2) is 14.6. The standard InChI is InChI=1S/C21H29N3O2S2.2C2HF3O2/c1-28(25,26)22-20-9-11-23(15-19-8-5-13-27-19)16-21(20)10-12-24(17-21)14-18-6-3-2-4-7-18;2*3-2(4,5)1(6)7/h2-8,13,20,22H,9-12,14-17H2,1H3;2*(H,6,7). The van der Waals surface area contributed by atoms with Crippen LogP contribution in [-0.2, 0) is 32.7 Å². The van der Waals surface area contributed by atoms with E-state index in [0.29, 0.717) is 0 Å². The molecule has 2 aliphatic heterocycles. The summed E-state index contributed by atoms with van der Waals surface area (Å²) in [7, 11) is -3.22. The predicted molar refractivity (Wildman–Crippen MR) is 142 cm³/mol. The number of benzene rings is 1. The van der Waals surface area contributed by atoms with Gasteiger partial charge < -0.3 is 10.2 Å². The Kier molecular flexibility index (Phi) is 12.4. The van der Waals surface area contributed by atoms with Crippen LogP contribution in [-0.4, -0.2) is 91.2 Å². The van der Waals surface area contributed by atoms with E-state index in [-0.39, 0.29) is 11.5 Å². The first-order valence-electron chi connectivity index (χ1n) is 12.4. The van der Waals surface area contributed by atoms with Gasteiger partial charge in [-0.3, -0.25) is 9.80 Å². The highest BCUT2D eigenvalue weighted by Gasteiger charge is 2.48. The normalized spacial score (nSPS) is 21.6. The molecule has 2 fully saturated rings. The van der Waals surface area contributed by atoms with E-state index in [4.69, 9.17) is 19.8 Å². The predicted octanol–water partition coefficient (Wildman–Crippen LogP) is 4.03. The van der Waals surface area contributed by atoms with E-state index in [2.05, 4.69) is 56.3 Å². The lowest BCUT2D eigenvalue weighted by Gasteiger charge is -2.46. The van der Waals surface area contributed by atoms with Crippen molar-refractivity contribution in [2.45, 2.75) is 44.3 Å². The van der Waals surface area contributed by atoms with Crippen LogP contribution in [0.25, 0.3) is 0 Å². The molecule has 0 saturated carbocycles. The van der Waals surface area contributed by atoms with Gasteiger partial charge in [0.1, 0.15) is 0 Å². The van der Waals surface area contributed by atoms with E-state index in [1.807, 2.05) is 6.07 Å². The number of carbonyl (C=O) groups is 2. The molecule has 17 heteroatoms. The van der Waals surface area contributed by atoms with E-state index < -0.39 is 34.3 Å². The van der Waals surface area contributed by atoms with Crippen LogP contribution in [0, 0.1) is 5.41 Å². The second-order valence-electron chi connectivity index (χ2n) is 9.94. The zero-order chi connectivity index (χ0) is 31.8. The van der Waals surface area contributed by atoms with Gasteiger partial charge in [-0.2, -0.15) is 26.3 Å². The zero-order valence-electron chi connectivity index (χ0n) is 22.4. The number of alkyl halides is 6. The van der Waals surface area contributed by atoms with Crippen molar-refractivity contribution in [3.63, 3.8) is 0 Å². The Balaban J connectivity index is 0.000000367. The van der Waals surface area contributed by atoms with Gasteiger partial charge in [-0.25, -0.2) is 22.7 Å². The maximum Gasteiger partial charge on any atom is 0.490 e. The summed E-state index contributed by atoms with van der Waals surface area (Å²) < 4.78 is 90.5. The molecule has 2 aliphatic rings. The number of nitrogens with one attached hydrogen (secondary N) is 1. The molecule has 3 heterocycles. The van der Waals surface area contributed by atoms with E-state index >= 15 is 0 Å². The SMILES string of the molecule is CS(=O)(=O)NC1CCN(Cc2cccs2)CC12CCN(Cc1ccccc1)C2.O=C(O)C(F)(F)F.O=C(O)C(F)(F)F. The van der Waals surface area contributed by atoms with Crippen molar-refractivity contribution in [1.82, 2.24) is 14.5 Å². The number of rotatable bonds is 6. The number of thiophene rings is 1. The fourth-order valence-electron chi connectivity index (χ4n) is 4.83. The Morgan fingerprint density at radius 2 is 1.45 bits per heavy atom. The van der Waals surface area contributed by atoms with Crippen LogP contribution in [0.1, 0.15) is 23.3 Å².